The number of hydrogen-bond acceptors (Lipinski definition) is 6. The molecule has 1 saturated heterocycles. The molecular formula is C24H27F2N3O2S2. The van der Waals surface area contributed by atoms with Crippen molar-refractivity contribution in [1.82, 2.24) is 9.88 Å². The van der Waals surface area contributed by atoms with Crippen LogP contribution in [0, 0.1) is 11.6 Å². The summed E-state index contributed by atoms with van der Waals surface area (Å²) in [7, 11) is 0. The number of hydrogen-bond donors (Lipinski definition) is 0. The average Bonchev–Trinajstić information content (AvgIpc) is 3.25. The number of rotatable bonds is 10. The first kappa shape index (κ1) is 24.1. The van der Waals surface area contributed by atoms with Gasteiger partial charge in [-0.25, -0.2) is 13.8 Å². The van der Waals surface area contributed by atoms with Crippen molar-refractivity contribution < 1.29 is 18.3 Å². The van der Waals surface area contributed by atoms with Gasteiger partial charge in [-0.2, -0.15) is 0 Å². The van der Waals surface area contributed by atoms with E-state index in [0.717, 1.165) is 68.8 Å². The summed E-state index contributed by atoms with van der Waals surface area (Å²) >= 11 is 2.88. The van der Waals surface area contributed by atoms with E-state index in [1.807, 2.05) is 18.2 Å². The maximum absolute atomic E-state index is 14.2. The number of morpholine rings is 1. The third-order valence-electron chi connectivity index (χ3n) is 5.44. The van der Waals surface area contributed by atoms with Gasteiger partial charge in [0.2, 0.25) is 5.91 Å². The Morgan fingerprint density at radius 3 is 2.73 bits per heavy atom. The van der Waals surface area contributed by atoms with E-state index in [1.165, 1.54) is 11.0 Å². The molecule has 5 nitrogen and oxygen atoms in total. The van der Waals surface area contributed by atoms with Crippen LogP contribution in [0.4, 0.5) is 13.9 Å². The quantitative estimate of drug-likeness (QED) is 0.288. The van der Waals surface area contributed by atoms with Crippen molar-refractivity contribution in [2.45, 2.75) is 24.2 Å². The molecule has 176 valence electrons. The zero-order chi connectivity index (χ0) is 23.0. The summed E-state index contributed by atoms with van der Waals surface area (Å²) in [5, 5.41) is 0.428. The number of ether oxygens (including phenoxy) is 1. The highest BCUT2D eigenvalue weighted by Crippen LogP contribution is 2.32. The van der Waals surface area contributed by atoms with Gasteiger partial charge in [-0.1, -0.05) is 29.5 Å². The molecule has 0 atom stereocenters. The van der Waals surface area contributed by atoms with E-state index in [9.17, 15) is 13.6 Å². The second kappa shape index (κ2) is 11.9. The number of anilines is 1. The Balaban J connectivity index is 1.41. The minimum atomic E-state index is -0.701. The number of aromatic nitrogens is 1. The summed E-state index contributed by atoms with van der Waals surface area (Å²) in [4.78, 5) is 22.6. The standard InChI is InChI=1S/C24H27F2N3O2S2/c25-18-16-20(26)23-21(17-18)33-24(27-23)29(10-5-9-28-11-13-31-14-12-28)22(30)8-4-15-32-19-6-2-1-3-7-19/h1-3,6-7,16-17H,4-5,8-15H2. The van der Waals surface area contributed by atoms with Gasteiger partial charge >= 0.3 is 0 Å². The lowest BCUT2D eigenvalue weighted by Gasteiger charge is -2.27. The summed E-state index contributed by atoms with van der Waals surface area (Å²) in [6, 6.07) is 12.2. The fourth-order valence-electron chi connectivity index (χ4n) is 3.73. The minimum Gasteiger partial charge on any atom is -0.379 e. The molecule has 3 aromatic rings. The van der Waals surface area contributed by atoms with Crippen molar-refractivity contribution in [2.75, 3.05) is 50.0 Å². The number of halogens is 2. The van der Waals surface area contributed by atoms with E-state index in [2.05, 4.69) is 22.0 Å². The molecule has 2 heterocycles. The van der Waals surface area contributed by atoms with E-state index in [4.69, 9.17) is 4.74 Å². The molecule has 0 radical (unpaired) electrons. The van der Waals surface area contributed by atoms with E-state index >= 15 is 0 Å². The van der Waals surface area contributed by atoms with Crippen molar-refractivity contribution in [3.05, 3.63) is 54.1 Å². The summed E-state index contributed by atoms with van der Waals surface area (Å²) in [6.45, 7) is 4.57. The number of thioether (sulfide) groups is 1. The van der Waals surface area contributed by atoms with Crippen molar-refractivity contribution in [3.8, 4) is 0 Å². The number of nitrogens with zero attached hydrogens (tertiary/aromatic N) is 3. The molecule has 0 unspecified atom stereocenters. The lowest BCUT2D eigenvalue weighted by Crippen LogP contribution is -2.39. The summed E-state index contributed by atoms with van der Waals surface area (Å²) in [5.74, 6) is -0.548. The monoisotopic (exact) mass is 491 g/mol. The molecule has 1 amide bonds. The molecule has 0 spiro atoms. The van der Waals surface area contributed by atoms with Gasteiger partial charge in [-0.05, 0) is 36.8 Å². The van der Waals surface area contributed by atoms with Crippen LogP contribution in [0.1, 0.15) is 19.3 Å². The predicted octanol–water partition coefficient (Wildman–Crippen LogP) is 5.20. The first-order valence-electron chi connectivity index (χ1n) is 11.1. The van der Waals surface area contributed by atoms with Crippen LogP contribution in [0.2, 0.25) is 0 Å². The van der Waals surface area contributed by atoms with Crippen LogP contribution in [-0.4, -0.2) is 60.9 Å². The van der Waals surface area contributed by atoms with Crippen LogP contribution in [0.25, 0.3) is 10.2 Å². The lowest BCUT2D eigenvalue weighted by molar-refractivity contribution is -0.118. The first-order chi connectivity index (χ1) is 16.1. The SMILES string of the molecule is O=C(CCCSc1ccccc1)N(CCCN1CCOCC1)c1nc2c(F)cc(F)cc2s1. The summed E-state index contributed by atoms with van der Waals surface area (Å²) in [6.07, 6.45) is 1.88. The second-order valence-corrected chi connectivity index (χ2v) is 10.0. The van der Waals surface area contributed by atoms with Crippen molar-refractivity contribution in [3.63, 3.8) is 0 Å². The van der Waals surface area contributed by atoms with Crippen LogP contribution in [0.15, 0.2) is 47.4 Å². The normalized spacial score (nSPS) is 14.6. The van der Waals surface area contributed by atoms with Gasteiger partial charge in [0, 0.05) is 43.6 Å². The molecular weight excluding hydrogens is 464 g/mol. The molecule has 4 rings (SSSR count). The molecule has 0 bridgehead atoms. The van der Waals surface area contributed by atoms with Crippen molar-refractivity contribution in [2.24, 2.45) is 0 Å². The minimum absolute atomic E-state index is 0.0365. The second-order valence-electron chi connectivity index (χ2n) is 7.85. The van der Waals surface area contributed by atoms with E-state index in [1.54, 1.807) is 16.7 Å². The Morgan fingerprint density at radius 2 is 1.94 bits per heavy atom. The molecule has 9 heteroatoms. The number of benzene rings is 2. The number of amides is 1. The van der Waals surface area contributed by atoms with Gasteiger partial charge in [0.05, 0.1) is 17.9 Å². The fourth-order valence-corrected chi connectivity index (χ4v) is 5.65. The number of carbonyl (C=O) groups is 1. The Kier molecular flexibility index (Phi) is 8.66. The van der Waals surface area contributed by atoms with Crippen LogP contribution in [0.5, 0.6) is 0 Å². The van der Waals surface area contributed by atoms with E-state index in [0.29, 0.717) is 22.8 Å². The molecule has 0 aliphatic carbocycles. The summed E-state index contributed by atoms with van der Waals surface area (Å²) < 4.78 is 33.7. The Morgan fingerprint density at radius 1 is 1.15 bits per heavy atom. The van der Waals surface area contributed by atoms with Gasteiger partial charge in [0.15, 0.2) is 10.9 Å². The van der Waals surface area contributed by atoms with E-state index < -0.39 is 11.6 Å². The molecule has 1 aliphatic rings. The van der Waals surface area contributed by atoms with Crippen LogP contribution >= 0.6 is 23.1 Å². The molecule has 1 aliphatic heterocycles. The third-order valence-corrected chi connectivity index (χ3v) is 7.56. The van der Waals surface area contributed by atoms with E-state index in [-0.39, 0.29) is 11.4 Å². The van der Waals surface area contributed by atoms with Crippen molar-refractivity contribution in [1.29, 1.82) is 0 Å². The molecule has 0 saturated carbocycles. The van der Waals surface area contributed by atoms with Crippen LogP contribution in [0.3, 0.4) is 0 Å². The maximum atomic E-state index is 14.2. The molecule has 33 heavy (non-hydrogen) atoms. The number of fused-ring (bicyclic) bond motifs is 1. The lowest BCUT2D eigenvalue weighted by atomic mass is 10.2. The zero-order valence-corrected chi connectivity index (χ0v) is 20.0. The van der Waals surface area contributed by atoms with Gasteiger partial charge in [-0.3, -0.25) is 14.6 Å². The topological polar surface area (TPSA) is 45.7 Å². The average molecular weight is 492 g/mol. The van der Waals surface area contributed by atoms with Gasteiger partial charge in [0.1, 0.15) is 11.3 Å². The Labute approximate surface area is 200 Å². The third kappa shape index (κ3) is 6.72. The van der Waals surface area contributed by atoms with Gasteiger partial charge < -0.3 is 4.74 Å². The highest BCUT2D eigenvalue weighted by molar-refractivity contribution is 7.99. The largest absolute Gasteiger partial charge is 0.379 e. The smallest absolute Gasteiger partial charge is 0.228 e. The number of thiazole rings is 1. The highest BCUT2D eigenvalue weighted by atomic mass is 32.2. The Bertz CT molecular complexity index is 1060. The fraction of sp³-hybridized carbons (Fsp3) is 0.417. The summed E-state index contributed by atoms with van der Waals surface area (Å²) in [5.41, 5.74) is 0.113. The zero-order valence-electron chi connectivity index (χ0n) is 18.3. The molecule has 1 aromatic heterocycles. The molecule has 1 fully saturated rings. The maximum Gasteiger partial charge on any atom is 0.228 e. The molecule has 2 aromatic carbocycles. The van der Waals surface area contributed by atoms with Crippen molar-refractivity contribution >= 4 is 44.4 Å². The predicted molar refractivity (Wildman–Crippen MR) is 130 cm³/mol. The Hall–Kier alpha value is -2.07. The first-order valence-corrected chi connectivity index (χ1v) is 12.9. The highest BCUT2D eigenvalue weighted by Gasteiger charge is 2.21. The van der Waals surface area contributed by atoms with Crippen LogP contribution in [-0.2, 0) is 9.53 Å². The van der Waals surface area contributed by atoms with Gasteiger partial charge in [0.25, 0.3) is 0 Å². The van der Waals surface area contributed by atoms with Crippen LogP contribution < -0.4 is 4.90 Å². The number of carbonyl (C=O) groups excluding carboxylic acids is 1. The van der Waals surface area contributed by atoms with Gasteiger partial charge in [-0.15, -0.1) is 11.8 Å². The molecule has 0 N–H and O–H groups in total.